The van der Waals surface area contributed by atoms with Crippen molar-refractivity contribution in [3.05, 3.63) is 163 Å². The Balaban J connectivity index is 0.000000217. The van der Waals surface area contributed by atoms with E-state index in [1.165, 1.54) is 15.5 Å². The molecule has 9 aromatic rings. The van der Waals surface area contributed by atoms with Gasteiger partial charge in [-0.15, -0.1) is 18.2 Å². The number of nitrogens with zero attached hydrogens (tertiary/aromatic N) is 4. The summed E-state index contributed by atoms with van der Waals surface area (Å²) in [5.74, 6) is 8.12. The van der Waals surface area contributed by atoms with Gasteiger partial charge in [0.05, 0.1) is 22.4 Å². The average Bonchev–Trinajstić information content (AvgIpc) is 3.78. The van der Waals surface area contributed by atoms with Crippen LogP contribution in [0.5, 0.6) is 0 Å². The van der Waals surface area contributed by atoms with Gasteiger partial charge in [0, 0.05) is 42.4 Å². The molecule has 7 heteroatoms. The Morgan fingerprint density at radius 3 is 2.16 bits per heavy atom. The van der Waals surface area contributed by atoms with Gasteiger partial charge in [0.2, 0.25) is 5.71 Å². The summed E-state index contributed by atoms with van der Waals surface area (Å²) in [4.78, 5) is 14.5. The average molecular weight is 1040 g/mol. The third-order valence-electron chi connectivity index (χ3n) is 10.9. The summed E-state index contributed by atoms with van der Waals surface area (Å²) in [6.07, 6.45) is 3.24. The van der Waals surface area contributed by atoms with Crippen LogP contribution in [0.4, 0.5) is 0 Å². The van der Waals surface area contributed by atoms with E-state index in [1.807, 2.05) is 49.4 Å². The zero-order valence-corrected chi connectivity index (χ0v) is 41.4. The summed E-state index contributed by atoms with van der Waals surface area (Å²) in [7, 11) is 0. The zero-order valence-electron chi connectivity index (χ0n) is 36.9. The number of fused-ring (bicyclic) bond motifs is 4. The van der Waals surface area contributed by atoms with Gasteiger partial charge in [0.25, 0.3) is 0 Å². The molecule has 9 rings (SSSR count). The topological polar surface area (TPSA) is 56.7 Å². The molecular weight excluding hydrogens is 985 g/mol. The third-order valence-corrected chi connectivity index (χ3v) is 15.2. The van der Waals surface area contributed by atoms with Gasteiger partial charge in [0.1, 0.15) is 0 Å². The van der Waals surface area contributed by atoms with Gasteiger partial charge in [-0.25, -0.2) is 4.98 Å². The largest absolute Gasteiger partial charge is 0.486 e. The summed E-state index contributed by atoms with van der Waals surface area (Å²) in [5, 5.41) is 2.00. The van der Waals surface area contributed by atoms with Crippen LogP contribution in [0.2, 0.25) is 17.3 Å². The van der Waals surface area contributed by atoms with Crippen LogP contribution in [0.15, 0.2) is 138 Å². The fourth-order valence-corrected chi connectivity index (χ4v) is 11.3. The number of para-hydroxylation sites is 2. The molecule has 311 valence electrons. The number of aromatic nitrogens is 4. The molecule has 5 nitrogen and oxygen atoms in total. The fourth-order valence-electron chi connectivity index (χ4n) is 7.95. The van der Waals surface area contributed by atoms with Crippen molar-refractivity contribution in [2.45, 2.75) is 77.6 Å². The minimum Gasteiger partial charge on any atom is -0.486 e. The molecule has 0 aliphatic heterocycles. The van der Waals surface area contributed by atoms with Crippen LogP contribution in [-0.4, -0.2) is 32.8 Å². The predicted octanol–water partition coefficient (Wildman–Crippen LogP) is 13.7. The van der Waals surface area contributed by atoms with Crippen molar-refractivity contribution in [1.82, 2.24) is 19.5 Å². The van der Waals surface area contributed by atoms with Crippen molar-refractivity contribution in [1.29, 1.82) is 0 Å². The minimum absolute atomic E-state index is 0. The first-order chi connectivity index (χ1) is 28.5. The van der Waals surface area contributed by atoms with Gasteiger partial charge in [0.15, 0.2) is 0 Å². The van der Waals surface area contributed by atoms with Crippen LogP contribution < -0.4 is 4.40 Å². The van der Waals surface area contributed by atoms with E-state index >= 15 is 0 Å². The Labute approximate surface area is 377 Å². The summed E-state index contributed by atoms with van der Waals surface area (Å²) < 4.78 is 10.2. The number of hydrogen-bond donors (Lipinski definition) is 0. The van der Waals surface area contributed by atoms with Crippen molar-refractivity contribution in [3.63, 3.8) is 0 Å². The van der Waals surface area contributed by atoms with Gasteiger partial charge in [-0.2, -0.15) is 0 Å². The molecule has 0 bridgehead atoms. The SMILES string of the molecule is CC(C)(C)Cc1cc(-c2[c-]cccc2)nc[c]1[Ge]([CH3])([CH3])[CH3].Cc1ccc2c(n1)oc1c(-c3nc4ccccc4n3-c3ccc(C(C)(C)C)cc3-c3ccccc3)[c-]ccc12.[Ir]. The van der Waals surface area contributed by atoms with E-state index in [4.69, 9.17) is 14.4 Å². The van der Waals surface area contributed by atoms with Gasteiger partial charge < -0.3 is 8.98 Å². The van der Waals surface area contributed by atoms with Crippen LogP contribution in [0, 0.1) is 24.5 Å². The first-order valence-electron chi connectivity index (χ1n) is 20.9. The molecule has 5 aromatic carbocycles. The van der Waals surface area contributed by atoms with Crippen molar-refractivity contribution in [2.24, 2.45) is 5.41 Å². The van der Waals surface area contributed by atoms with Crippen molar-refractivity contribution in [3.8, 4) is 39.5 Å². The number of pyridine rings is 2. The number of hydrogen-bond acceptors (Lipinski definition) is 4. The number of furan rings is 1. The summed E-state index contributed by atoms with van der Waals surface area (Å²) in [5.41, 5.74) is 13.6. The second-order valence-electron chi connectivity index (χ2n) is 19.1. The fraction of sp³-hybridized carbons (Fsp3) is 0.241. The van der Waals surface area contributed by atoms with E-state index in [9.17, 15) is 0 Å². The smallest absolute Gasteiger partial charge is 0.216 e. The normalized spacial score (nSPS) is 12.0. The summed E-state index contributed by atoms with van der Waals surface area (Å²) in [6, 6.07) is 50.9. The molecule has 61 heavy (non-hydrogen) atoms. The quantitative estimate of drug-likeness (QED) is 0.123. The Bertz CT molecular complexity index is 2970. The van der Waals surface area contributed by atoms with E-state index in [0.717, 1.165) is 79.0 Å². The Morgan fingerprint density at radius 2 is 1.46 bits per heavy atom. The molecule has 0 aliphatic carbocycles. The summed E-state index contributed by atoms with van der Waals surface area (Å²) in [6.45, 7) is 15.7. The molecule has 0 unspecified atom stereocenters. The minimum atomic E-state index is -1.90. The zero-order chi connectivity index (χ0) is 42.4. The van der Waals surface area contributed by atoms with Crippen LogP contribution >= 0.6 is 0 Å². The molecule has 1 radical (unpaired) electrons. The van der Waals surface area contributed by atoms with E-state index in [1.54, 1.807) is 0 Å². The van der Waals surface area contributed by atoms with Crippen LogP contribution in [-0.2, 0) is 31.9 Å². The van der Waals surface area contributed by atoms with Gasteiger partial charge in [-0.05, 0) is 59.9 Å². The first-order valence-corrected chi connectivity index (χ1v) is 28.2. The number of aryl methyl sites for hydroxylation is 1. The molecule has 0 N–H and O–H groups in total. The van der Waals surface area contributed by atoms with Crippen molar-refractivity contribution in [2.75, 3.05) is 0 Å². The van der Waals surface area contributed by atoms with E-state index < -0.39 is 13.3 Å². The van der Waals surface area contributed by atoms with Gasteiger partial charge >= 0.3 is 132 Å². The van der Waals surface area contributed by atoms with E-state index in [-0.39, 0.29) is 25.5 Å². The second kappa shape index (κ2) is 17.3. The van der Waals surface area contributed by atoms with Gasteiger partial charge in [-0.1, -0.05) is 80.3 Å². The number of imidazole rings is 1. The Morgan fingerprint density at radius 1 is 0.721 bits per heavy atom. The van der Waals surface area contributed by atoms with E-state index in [2.05, 4.69) is 172 Å². The number of benzene rings is 5. The summed E-state index contributed by atoms with van der Waals surface area (Å²) >= 11 is -1.90. The monoisotopic (exact) mass is 1040 g/mol. The molecule has 0 fully saturated rings. The molecule has 0 amide bonds. The standard InChI is InChI=1S/C35H28N3O.C19H26GeN.Ir/c1-22-17-19-26-25-13-10-14-27(32(25)39-34(26)36-22)33-37-29-15-8-9-16-31(29)38(33)30-20-18-24(35(2,3)4)21-28(30)23-11-6-5-7-12-23;1-19(2,3)13-16-12-18(15-10-8-7-9-11-15)21-14-17(16)20(4,5)6;/h5-13,15-21H,1-4H3;7-10,12,14H,13H2,1-6H3;/q2*-1;. The molecule has 4 aromatic heterocycles. The molecular formula is C54H54GeIrN4O-2. The van der Waals surface area contributed by atoms with Gasteiger partial charge in [-0.3, -0.25) is 4.98 Å². The predicted molar refractivity (Wildman–Crippen MR) is 254 cm³/mol. The second-order valence-corrected chi connectivity index (χ2v) is 29.7. The van der Waals surface area contributed by atoms with Crippen molar-refractivity contribution >= 4 is 50.8 Å². The molecule has 0 saturated carbocycles. The maximum atomic E-state index is 6.39. The number of rotatable bonds is 6. The Kier molecular flexibility index (Phi) is 12.5. The maximum Gasteiger partial charge on any atom is 0.216 e. The molecule has 4 heterocycles. The van der Waals surface area contributed by atoms with Crippen LogP contribution in [0.25, 0.3) is 72.6 Å². The molecule has 0 spiro atoms. The van der Waals surface area contributed by atoms with Crippen LogP contribution in [0.1, 0.15) is 58.4 Å². The Hall–Kier alpha value is -5.14. The van der Waals surface area contributed by atoms with Crippen LogP contribution in [0.3, 0.4) is 0 Å². The van der Waals surface area contributed by atoms with E-state index in [0.29, 0.717) is 11.1 Å². The first kappa shape index (κ1) is 43.9. The third kappa shape index (κ3) is 9.38. The molecule has 0 saturated heterocycles. The van der Waals surface area contributed by atoms with Crippen molar-refractivity contribution < 1.29 is 24.5 Å². The molecule has 0 atom stereocenters. The maximum absolute atomic E-state index is 6.39. The molecule has 0 aliphatic rings.